The van der Waals surface area contributed by atoms with Crippen LogP contribution in [0.5, 0.6) is 5.75 Å². The van der Waals surface area contributed by atoms with Gasteiger partial charge in [-0.05, 0) is 42.5 Å². The molecule has 0 atom stereocenters. The molecule has 0 spiro atoms. The fraction of sp³-hybridized carbons (Fsp3) is 0.185. The molecule has 6 rings (SSSR count). The van der Waals surface area contributed by atoms with E-state index < -0.39 is 0 Å². The van der Waals surface area contributed by atoms with E-state index in [1.54, 1.807) is 12.1 Å². The highest BCUT2D eigenvalue weighted by Crippen LogP contribution is 2.41. The summed E-state index contributed by atoms with van der Waals surface area (Å²) in [5.74, 6) is 0.639. The number of ether oxygens (including phenoxy) is 1. The first-order valence-electron chi connectivity index (χ1n) is 11.1. The number of amides is 1. The minimum atomic E-state index is -0.287. The Morgan fingerprint density at radius 2 is 1.64 bits per heavy atom. The topological polar surface area (TPSA) is 94.6 Å². The van der Waals surface area contributed by atoms with Crippen LogP contribution in [-0.4, -0.2) is 12.5 Å². The number of anilines is 1. The van der Waals surface area contributed by atoms with Crippen LogP contribution in [0.25, 0.3) is 33.4 Å². The van der Waals surface area contributed by atoms with E-state index >= 15 is 0 Å². The fourth-order valence-corrected chi connectivity index (χ4v) is 4.67. The Hall–Kier alpha value is -3.90. The van der Waals surface area contributed by atoms with Gasteiger partial charge in [-0.3, -0.25) is 9.59 Å². The van der Waals surface area contributed by atoms with Gasteiger partial charge in [0, 0.05) is 11.1 Å². The molecule has 0 bridgehead atoms. The predicted molar refractivity (Wildman–Crippen MR) is 127 cm³/mol. The zero-order valence-electron chi connectivity index (χ0n) is 17.9. The molecule has 0 unspecified atom stereocenters. The number of carbonyl (C=O) groups excluding carboxylic acids is 1. The van der Waals surface area contributed by atoms with Gasteiger partial charge in [-0.25, -0.2) is 0 Å². The van der Waals surface area contributed by atoms with E-state index in [4.69, 9.17) is 14.9 Å². The fourth-order valence-electron chi connectivity index (χ4n) is 4.67. The lowest BCUT2D eigenvalue weighted by atomic mass is 9.72. The van der Waals surface area contributed by atoms with Crippen LogP contribution in [0.4, 0.5) is 5.69 Å². The Kier molecular flexibility index (Phi) is 4.38. The molecule has 1 saturated carbocycles. The van der Waals surface area contributed by atoms with Gasteiger partial charge in [0.2, 0.25) is 5.43 Å². The van der Waals surface area contributed by atoms with E-state index in [1.165, 1.54) is 0 Å². The van der Waals surface area contributed by atoms with Crippen molar-refractivity contribution in [3.8, 4) is 28.2 Å². The highest BCUT2D eigenvalue weighted by Gasteiger charge is 2.34. The lowest BCUT2D eigenvalue weighted by molar-refractivity contribution is -0.118. The number of hydrogen-bond acceptors (Lipinski definition) is 5. The lowest BCUT2D eigenvalue weighted by Crippen LogP contribution is -2.43. The molecule has 3 N–H and O–H groups in total. The molecule has 1 aromatic heterocycles. The first-order valence-corrected chi connectivity index (χ1v) is 11.1. The van der Waals surface area contributed by atoms with Crippen molar-refractivity contribution >= 4 is 22.6 Å². The van der Waals surface area contributed by atoms with Gasteiger partial charge < -0.3 is 20.2 Å². The molecule has 164 valence electrons. The highest BCUT2D eigenvalue weighted by atomic mass is 16.5. The Labute approximate surface area is 190 Å². The van der Waals surface area contributed by atoms with Gasteiger partial charge >= 0.3 is 0 Å². The maximum Gasteiger partial charge on any atom is 0.262 e. The maximum absolute atomic E-state index is 13.8. The molecule has 3 aromatic carbocycles. The van der Waals surface area contributed by atoms with Crippen molar-refractivity contribution in [3.63, 3.8) is 0 Å². The summed E-state index contributed by atoms with van der Waals surface area (Å²) < 4.78 is 11.9. The first kappa shape index (κ1) is 19.8. The summed E-state index contributed by atoms with van der Waals surface area (Å²) in [6, 6.07) is 20.8. The van der Waals surface area contributed by atoms with E-state index in [-0.39, 0.29) is 23.5 Å². The number of hydrogen-bond donors (Lipinski definition) is 2. The van der Waals surface area contributed by atoms with E-state index in [0.717, 1.165) is 36.0 Å². The van der Waals surface area contributed by atoms with Crippen molar-refractivity contribution in [2.24, 2.45) is 5.73 Å². The van der Waals surface area contributed by atoms with Crippen molar-refractivity contribution < 1.29 is 13.9 Å². The Bertz CT molecular complexity index is 1450. The van der Waals surface area contributed by atoms with Gasteiger partial charge in [-0.15, -0.1) is 0 Å². The summed E-state index contributed by atoms with van der Waals surface area (Å²) >= 11 is 0. The third-order valence-corrected chi connectivity index (χ3v) is 6.68. The average molecular weight is 438 g/mol. The second-order valence-corrected chi connectivity index (χ2v) is 8.74. The van der Waals surface area contributed by atoms with Gasteiger partial charge in [0.25, 0.3) is 5.91 Å². The van der Waals surface area contributed by atoms with Crippen molar-refractivity contribution in [1.82, 2.24) is 0 Å². The van der Waals surface area contributed by atoms with Crippen LogP contribution in [0.15, 0.2) is 75.9 Å². The van der Waals surface area contributed by atoms with Gasteiger partial charge in [-0.1, -0.05) is 54.6 Å². The van der Waals surface area contributed by atoms with Crippen molar-refractivity contribution in [3.05, 3.63) is 82.5 Å². The number of fused-ring (bicyclic) bond motifs is 3. The van der Waals surface area contributed by atoms with E-state index in [0.29, 0.717) is 33.7 Å². The number of nitrogens with one attached hydrogen (secondary N) is 1. The lowest BCUT2D eigenvalue weighted by Gasteiger charge is -2.38. The first-order chi connectivity index (χ1) is 16.0. The van der Waals surface area contributed by atoms with Crippen molar-refractivity contribution in [2.45, 2.75) is 24.8 Å². The SMILES string of the molecule is NC1(c2ccc(-c3c(-c4ccccc4)oc4c5c(ccc4c3=O)OCC(=O)N5)cc2)CCC1. The molecule has 0 radical (unpaired) electrons. The average Bonchev–Trinajstić information content (AvgIpc) is 2.83. The number of carbonyl (C=O) groups is 1. The smallest absolute Gasteiger partial charge is 0.262 e. The predicted octanol–water partition coefficient (Wildman–Crippen LogP) is 4.80. The zero-order chi connectivity index (χ0) is 22.6. The van der Waals surface area contributed by atoms with Crippen molar-refractivity contribution in [2.75, 3.05) is 11.9 Å². The third-order valence-electron chi connectivity index (χ3n) is 6.68. The second kappa shape index (κ2) is 7.32. The van der Waals surface area contributed by atoms with Gasteiger partial charge in [0.15, 0.2) is 12.2 Å². The van der Waals surface area contributed by atoms with Gasteiger partial charge in [0.1, 0.15) is 17.2 Å². The molecule has 6 heteroatoms. The standard InChI is InChI=1S/C27H22N2O4/c28-27(13-4-14-27)18-9-7-16(8-10-18)22-24(31)19-11-12-20-23(29-21(30)15-32-20)26(19)33-25(22)17-5-2-1-3-6-17/h1-3,5-12H,4,13-15,28H2,(H,29,30). The zero-order valence-corrected chi connectivity index (χ0v) is 17.9. The number of rotatable bonds is 3. The molecule has 1 amide bonds. The van der Waals surface area contributed by atoms with Crippen LogP contribution in [0.1, 0.15) is 24.8 Å². The minimum Gasteiger partial charge on any atom is -0.481 e. The Morgan fingerprint density at radius 3 is 2.33 bits per heavy atom. The minimum absolute atomic E-state index is 0.0681. The van der Waals surface area contributed by atoms with E-state index in [1.807, 2.05) is 54.6 Å². The number of nitrogens with two attached hydrogens (primary N) is 1. The molecule has 6 nitrogen and oxygen atoms in total. The Balaban J connectivity index is 1.60. The van der Waals surface area contributed by atoms with E-state index in [2.05, 4.69) is 5.32 Å². The summed E-state index contributed by atoms with van der Waals surface area (Å²) in [4.78, 5) is 25.8. The summed E-state index contributed by atoms with van der Waals surface area (Å²) in [7, 11) is 0. The molecule has 1 aliphatic carbocycles. The van der Waals surface area contributed by atoms with Crippen molar-refractivity contribution in [1.29, 1.82) is 0 Å². The molecule has 1 aliphatic heterocycles. The normalized spacial score (nSPS) is 16.5. The molecular formula is C27H22N2O4. The second-order valence-electron chi connectivity index (χ2n) is 8.74. The molecule has 1 fully saturated rings. The molecule has 2 aliphatic rings. The summed E-state index contributed by atoms with van der Waals surface area (Å²) in [6.07, 6.45) is 3.08. The van der Waals surface area contributed by atoms with Gasteiger partial charge in [-0.2, -0.15) is 0 Å². The van der Waals surface area contributed by atoms with Crippen LogP contribution in [0, 0.1) is 0 Å². The van der Waals surface area contributed by atoms with Crippen LogP contribution >= 0.6 is 0 Å². The van der Waals surface area contributed by atoms with Crippen LogP contribution in [0.3, 0.4) is 0 Å². The molecule has 4 aromatic rings. The molecule has 33 heavy (non-hydrogen) atoms. The molecule has 0 saturated heterocycles. The largest absolute Gasteiger partial charge is 0.481 e. The molecular weight excluding hydrogens is 416 g/mol. The maximum atomic E-state index is 13.8. The number of benzene rings is 3. The Morgan fingerprint density at radius 1 is 0.879 bits per heavy atom. The van der Waals surface area contributed by atoms with Gasteiger partial charge in [0.05, 0.1) is 10.9 Å². The van der Waals surface area contributed by atoms with E-state index in [9.17, 15) is 9.59 Å². The van der Waals surface area contributed by atoms with Crippen LogP contribution < -0.4 is 21.2 Å². The quantitative estimate of drug-likeness (QED) is 0.479. The van der Waals surface area contributed by atoms with Crippen LogP contribution in [0.2, 0.25) is 0 Å². The highest BCUT2D eigenvalue weighted by molar-refractivity contribution is 6.05. The van der Waals surface area contributed by atoms with Crippen LogP contribution in [-0.2, 0) is 10.3 Å². The summed E-state index contributed by atoms with van der Waals surface area (Å²) in [5.41, 5.74) is 9.82. The third kappa shape index (κ3) is 3.14. The summed E-state index contributed by atoms with van der Waals surface area (Å²) in [5, 5.41) is 3.18. The molecule has 2 heterocycles. The monoisotopic (exact) mass is 438 g/mol. The summed E-state index contributed by atoms with van der Waals surface area (Å²) in [6.45, 7) is -0.0681.